The minimum absolute atomic E-state index is 0.628. The van der Waals surface area contributed by atoms with Crippen LogP contribution < -0.4 is 0 Å². The van der Waals surface area contributed by atoms with Crippen LogP contribution in [0.4, 0.5) is 0 Å². The summed E-state index contributed by atoms with van der Waals surface area (Å²) in [4.78, 5) is 14.6. The monoisotopic (exact) mass is 231 g/mol. The van der Waals surface area contributed by atoms with Crippen LogP contribution in [-0.2, 0) is 6.42 Å². The Hall–Kier alpha value is -1.70. The van der Waals surface area contributed by atoms with Crippen molar-refractivity contribution in [3.05, 3.63) is 53.4 Å². The number of hydrogen-bond donors (Lipinski definition) is 0. The Bertz CT molecular complexity index is 392. The van der Waals surface area contributed by atoms with E-state index in [1.807, 2.05) is 39.8 Å². The van der Waals surface area contributed by atoms with E-state index >= 15 is 0 Å². The Morgan fingerprint density at radius 3 is 2.53 bits per heavy atom. The van der Waals surface area contributed by atoms with Crippen molar-refractivity contribution in [3.63, 3.8) is 0 Å². The van der Waals surface area contributed by atoms with Crippen LogP contribution in [0.3, 0.4) is 0 Å². The molecule has 1 aromatic rings. The highest BCUT2D eigenvalue weighted by atomic mass is 16.1. The fraction of sp³-hybridized carbons (Fsp3) is 0.333. The maximum Gasteiger partial charge on any atom is 0.151 e. The van der Waals surface area contributed by atoms with Crippen LogP contribution in [-0.4, -0.2) is 11.3 Å². The summed E-state index contributed by atoms with van der Waals surface area (Å²) in [5, 5.41) is 0. The Labute approximate surface area is 104 Å². The smallest absolute Gasteiger partial charge is 0.151 e. The number of carbonyl (C=O) groups excluding carboxylic acids is 1. The van der Waals surface area contributed by atoms with E-state index in [2.05, 4.69) is 17.1 Å². The van der Waals surface area contributed by atoms with Gasteiger partial charge in [0.05, 0.1) is 0 Å². The van der Waals surface area contributed by atoms with Crippen molar-refractivity contribution < 1.29 is 4.79 Å². The lowest BCUT2D eigenvalue weighted by atomic mass is 10.1. The third-order valence-electron chi connectivity index (χ3n) is 2.11. The predicted octanol–water partition coefficient (Wildman–Crippen LogP) is 3.99. The number of allylic oxidation sites excluding steroid dienone is 4. The van der Waals surface area contributed by atoms with Gasteiger partial charge in [-0.05, 0) is 37.5 Å². The summed E-state index contributed by atoms with van der Waals surface area (Å²) in [6.07, 6.45) is 11.1. The van der Waals surface area contributed by atoms with Crippen molar-refractivity contribution in [1.29, 1.82) is 0 Å². The number of carbonyl (C=O) groups is 1. The maximum absolute atomic E-state index is 10.6. The molecule has 2 nitrogen and oxygen atoms in total. The van der Waals surface area contributed by atoms with Gasteiger partial charge in [-0.15, -0.1) is 0 Å². The molecule has 0 saturated carbocycles. The molecule has 0 aromatic carbocycles. The van der Waals surface area contributed by atoms with E-state index in [-0.39, 0.29) is 0 Å². The van der Waals surface area contributed by atoms with Gasteiger partial charge in [0.15, 0.2) is 6.29 Å². The van der Waals surface area contributed by atoms with Crippen LogP contribution in [0.1, 0.15) is 43.6 Å². The van der Waals surface area contributed by atoms with Gasteiger partial charge in [0.2, 0.25) is 0 Å². The third-order valence-corrected chi connectivity index (χ3v) is 2.11. The topological polar surface area (TPSA) is 30.0 Å². The first kappa shape index (κ1) is 15.3. The number of aromatic nitrogens is 1. The van der Waals surface area contributed by atoms with Gasteiger partial charge in [0, 0.05) is 18.0 Å². The molecule has 0 aliphatic rings. The van der Waals surface area contributed by atoms with E-state index in [1.54, 1.807) is 12.4 Å². The molecule has 0 radical (unpaired) electrons. The molecule has 2 heteroatoms. The van der Waals surface area contributed by atoms with E-state index in [9.17, 15) is 4.79 Å². The molecule has 0 atom stereocenters. The Morgan fingerprint density at radius 1 is 1.29 bits per heavy atom. The highest BCUT2D eigenvalue weighted by molar-refractivity contribution is 5.74. The van der Waals surface area contributed by atoms with Gasteiger partial charge in [-0.1, -0.05) is 32.1 Å². The van der Waals surface area contributed by atoms with Gasteiger partial charge in [-0.2, -0.15) is 0 Å². The summed E-state index contributed by atoms with van der Waals surface area (Å²) in [6.45, 7) is 8.00. The lowest BCUT2D eigenvalue weighted by molar-refractivity contribution is 0.112. The summed E-state index contributed by atoms with van der Waals surface area (Å²) in [5.41, 5.74) is 2.91. The summed E-state index contributed by atoms with van der Waals surface area (Å²) < 4.78 is 0. The lowest BCUT2D eigenvalue weighted by Crippen LogP contribution is -1.91. The zero-order valence-corrected chi connectivity index (χ0v) is 11.1. The standard InChI is InChI=1S/C13H15NO.C2H6/c1-3-5-11(4-2)6-12-7-13(10-15)9-14-8-12;1-2/h3-5,7-10H,6H2,1-2H3;1-2H3/b5-3-,11-4+;. The first-order chi connectivity index (χ1) is 8.30. The van der Waals surface area contributed by atoms with Gasteiger partial charge in [0.1, 0.15) is 0 Å². The Balaban J connectivity index is 0.00000121. The van der Waals surface area contributed by atoms with Crippen molar-refractivity contribution in [2.45, 2.75) is 34.1 Å². The van der Waals surface area contributed by atoms with Crippen LogP contribution >= 0.6 is 0 Å². The molecule has 1 heterocycles. The average Bonchev–Trinajstić information content (AvgIpc) is 2.40. The van der Waals surface area contributed by atoms with Gasteiger partial charge < -0.3 is 0 Å². The molecule has 0 bridgehead atoms. The lowest BCUT2D eigenvalue weighted by Gasteiger charge is -2.02. The van der Waals surface area contributed by atoms with E-state index in [0.717, 1.165) is 18.3 Å². The summed E-state index contributed by atoms with van der Waals surface area (Å²) in [6, 6.07) is 1.87. The molecule has 0 spiro atoms. The van der Waals surface area contributed by atoms with E-state index in [4.69, 9.17) is 0 Å². The van der Waals surface area contributed by atoms with Gasteiger partial charge in [0.25, 0.3) is 0 Å². The van der Waals surface area contributed by atoms with E-state index < -0.39 is 0 Å². The van der Waals surface area contributed by atoms with Crippen LogP contribution in [0.2, 0.25) is 0 Å². The molecule has 0 amide bonds. The second-order valence-electron chi connectivity index (χ2n) is 3.28. The molecule has 0 unspecified atom stereocenters. The number of aldehydes is 1. The van der Waals surface area contributed by atoms with Crippen LogP contribution in [0, 0.1) is 0 Å². The highest BCUT2D eigenvalue weighted by Gasteiger charge is 1.98. The maximum atomic E-state index is 10.6. The van der Waals surface area contributed by atoms with Crippen molar-refractivity contribution in [1.82, 2.24) is 4.98 Å². The zero-order valence-electron chi connectivity index (χ0n) is 11.1. The molecule has 0 fully saturated rings. The first-order valence-electron chi connectivity index (χ1n) is 5.97. The van der Waals surface area contributed by atoms with Crippen molar-refractivity contribution >= 4 is 6.29 Å². The quantitative estimate of drug-likeness (QED) is 0.579. The van der Waals surface area contributed by atoms with Crippen molar-refractivity contribution in [2.75, 3.05) is 0 Å². The fourth-order valence-electron chi connectivity index (χ4n) is 1.38. The number of nitrogens with zero attached hydrogens (tertiary/aromatic N) is 1. The minimum atomic E-state index is 0.628. The zero-order chi connectivity index (χ0) is 13.1. The summed E-state index contributed by atoms with van der Waals surface area (Å²) in [5.74, 6) is 0. The van der Waals surface area contributed by atoms with Gasteiger partial charge >= 0.3 is 0 Å². The van der Waals surface area contributed by atoms with Crippen LogP contribution in [0.15, 0.2) is 42.3 Å². The Kier molecular flexibility index (Phi) is 8.57. The van der Waals surface area contributed by atoms with Gasteiger partial charge in [-0.25, -0.2) is 0 Å². The van der Waals surface area contributed by atoms with E-state index in [1.165, 1.54) is 5.57 Å². The normalized spacial score (nSPS) is 10.9. The SMILES string of the molecule is C/C=C\C(=C/C)Cc1cncc(C=O)c1.CC. The molecular formula is C15H21NO. The van der Waals surface area contributed by atoms with Crippen LogP contribution in [0.5, 0.6) is 0 Å². The van der Waals surface area contributed by atoms with Gasteiger partial charge in [-0.3, -0.25) is 9.78 Å². The fourth-order valence-corrected chi connectivity index (χ4v) is 1.38. The molecule has 92 valence electrons. The largest absolute Gasteiger partial charge is 0.298 e. The molecule has 1 aromatic heterocycles. The first-order valence-corrected chi connectivity index (χ1v) is 5.97. The second-order valence-corrected chi connectivity index (χ2v) is 3.28. The molecule has 0 saturated heterocycles. The molecule has 0 aliphatic carbocycles. The summed E-state index contributed by atoms with van der Waals surface area (Å²) >= 11 is 0. The van der Waals surface area contributed by atoms with Crippen molar-refractivity contribution in [3.8, 4) is 0 Å². The highest BCUT2D eigenvalue weighted by Crippen LogP contribution is 2.09. The second kappa shape index (κ2) is 9.52. The molecule has 0 aliphatic heterocycles. The molecule has 17 heavy (non-hydrogen) atoms. The molecule has 0 N–H and O–H groups in total. The van der Waals surface area contributed by atoms with E-state index in [0.29, 0.717) is 5.56 Å². The minimum Gasteiger partial charge on any atom is -0.298 e. The number of pyridine rings is 1. The average molecular weight is 231 g/mol. The summed E-state index contributed by atoms with van der Waals surface area (Å²) in [7, 11) is 0. The Morgan fingerprint density at radius 2 is 2.00 bits per heavy atom. The predicted molar refractivity (Wildman–Crippen MR) is 73.2 cm³/mol. The number of rotatable bonds is 4. The molecular weight excluding hydrogens is 210 g/mol. The van der Waals surface area contributed by atoms with Crippen LogP contribution in [0.25, 0.3) is 0 Å². The molecule has 1 rings (SSSR count). The third kappa shape index (κ3) is 5.81. The number of hydrogen-bond acceptors (Lipinski definition) is 2. The van der Waals surface area contributed by atoms with Crippen molar-refractivity contribution in [2.24, 2.45) is 0 Å².